The van der Waals surface area contributed by atoms with Crippen LogP contribution in [0.4, 0.5) is 5.69 Å². The van der Waals surface area contributed by atoms with E-state index in [2.05, 4.69) is 5.32 Å². The first-order valence-corrected chi connectivity index (χ1v) is 13.5. The first-order valence-electron chi connectivity index (χ1n) is 12.0. The van der Waals surface area contributed by atoms with Gasteiger partial charge in [-0.05, 0) is 74.4 Å². The standard InChI is InChI=1S/C26H32N2O5S/c1-2-33-25(30)26(16-17-26)21-9-11-22(12-10-21)27-24(29)15-8-20-6-13-23(14-7-20)34(31,32)28-18-4-3-5-19-28/h6-7,9-14H,2-5,8,15-19H2,1H3,(H,27,29). The first-order chi connectivity index (χ1) is 16.3. The summed E-state index contributed by atoms with van der Waals surface area (Å²) >= 11 is 0. The van der Waals surface area contributed by atoms with Crippen LogP contribution in [-0.4, -0.2) is 44.3 Å². The van der Waals surface area contributed by atoms with Gasteiger partial charge in [0.1, 0.15) is 0 Å². The molecule has 0 radical (unpaired) electrons. The molecule has 7 nitrogen and oxygen atoms in total. The predicted molar refractivity (Wildman–Crippen MR) is 130 cm³/mol. The van der Waals surface area contributed by atoms with Crippen LogP contribution in [0.1, 0.15) is 56.6 Å². The summed E-state index contributed by atoms with van der Waals surface area (Å²) in [7, 11) is -3.44. The Bertz CT molecular complexity index is 1120. The number of sulfonamides is 1. The fourth-order valence-electron chi connectivity index (χ4n) is 4.44. The van der Waals surface area contributed by atoms with E-state index in [0.717, 1.165) is 43.2 Å². The number of carbonyl (C=O) groups excluding carboxylic acids is 2. The van der Waals surface area contributed by atoms with Gasteiger partial charge in [0.05, 0.1) is 16.9 Å². The Hall–Kier alpha value is -2.71. The zero-order valence-corrected chi connectivity index (χ0v) is 20.4. The van der Waals surface area contributed by atoms with Gasteiger partial charge in [0, 0.05) is 25.2 Å². The average Bonchev–Trinajstić information content (AvgIpc) is 3.66. The molecule has 2 aliphatic rings. The van der Waals surface area contributed by atoms with Gasteiger partial charge in [0.2, 0.25) is 15.9 Å². The molecule has 8 heteroatoms. The number of hydrogen-bond donors (Lipinski definition) is 1. The van der Waals surface area contributed by atoms with Gasteiger partial charge in [-0.15, -0.1) is 0 Å². The maximum atomic E-state index is 12.8. The van der Waals surface area contributed by atoms with Crippen molar-refractivity contribution in [2.45, 2.75) is 62.2 Å². The van der Waals surface area contributed by atoms with Gasteiger partial charge < -0.3 is 10.1 Å². The predicted octanol–water partition coefficient (Wildman–Crippen LogP) is 4.03. The van der Waals surface area contributed by atoms with E-state index < -0.39 is 15.4 Å². The number of ether oxygens (including phenoxy) is 1. The molecule has 4 rings (SSSR count). The van der Waals surface area contributed by atoms with E-state index in [9.17, 15) is 18.0 Å². The molecule has 0 bridgehead atoms. The second kappa shape index (κ2) is 10.3. The lowest BCUT2D eigenvalue weighted by atomic mass is 9.96. The van der Waals surface area contributed by atoms with E-state index in [1.54, 1.807) is 35.5 Å². The quantitative estimate of drug-likeness (QED) is 0.543. The molecule has 34 heavy (non-hydrogen) atoms. The third-order valence-corrected chi connectivity index (χ3v) is 8.57. The van der Waals surface area contributed by atoms with Crippen molar-refractivity contribution >= 4 is 27.6 Å². The van der Waals surface area contributed by atoms with Crippen molar-refractivity contribution in [3.05, 3.63) is 59.7 Å². The summed E-state index contributed by atoms with van der Waals surface area (Å²) in [5.41, 5.74) is 1.99. The van der Waals surface area contributed by atoms with Crippen LogP contribution in [0.3, 0.4) is 0 Å². The molecule has 1 saturated carbocycles. The minimum absolute atomic E-state index is 0.121. The second-order valence-electron chi connectivity index (χ2n) is 9.04. The number of nitrogens with one attached hydrogen (secondary N) is 1. The van der Waals surface area contributed by atoms with E-state index in [1.165, 1.54) is 0 Å². The first kappa shape index (κ1) is 24.4. The van der Waals surface area contributed by atoms with Crippen molar-refractivity contribution < 1.29 is 22.7 Å². The molecule has 182 valence electrons. The summed E-state index contributed by atoms with van der Waals surface area (Å²) in [6, 6.07) is 14.2. The summed E-state index contributed by atoms with van der Waals surface area (Å²) in [5.74, 6) is -0.300. The molecule has 1 N–H and O–H groups in total. The van der Waals surface area contributed by atoms with Crippen LogP contribution in [0.15, 0.2) is 53.4 Å². The van der Waals surface area contributed by atoms with Gasteiger partial charge in [-0.2, -0.15) is 4.31 Å². The van der Waals surface area contributed by atoms with Gasteiger partial charge in [0.15, 0.2) is 0 Å². The molecule has 0 atom stereocenters. The van der Waals surface area contributed by atoms with E-state index in [-0.39, 0.29) is 18.3 Å². The van der Waals surface area contributed by atoms with E-state index >= 15 is 0 Å². The van der Waals surface area contributed by atoms with Crippen LogP contribution >= 0.6 is 0 Å². The highest BCUT2D eigenvalue weighted by Crippen LogP contribution is 2.49. The highest BCUT2D eigenvalue weighted by molar-refractivity contribution is 7.89. The topological polar surface area (TPSA) is 92.8 Å². The summed E-state index contributed by atoms with van der Waals surface area (Å²) in [6.07, 6.45) is 5.26. The van der Waals surface area contributed by atoms with Crippen LogP contribution in [-0.2, 0) is 36.2 Å². The lowest BCUT2D eigenvalue weighted by Crippen LogP contribution is -2.35. The maximum absolute atomic E-state index is 12.8. The normalized spacial score (nSPS) is 17.7. The van der Waals surface area contributed by atoms with E-state index in [0.29, 0.717) is 36.7 Å². The smallest absolute Gasteiger partial charge is 0.316 e. The van der Waals surface area contributed by atoms with Crippen LogP contribution in [0.5, 0.6) is 0 Å². The number of piperidine rings is 1. The second-order valence-corrected chi connectivity index (χ2v) is 11.0. The van der Waals surface area contributed by atoms with E-state index in [4.69, 9.17) is 4.74 Å². The van der Waals surface area contributed by atoms with Crippen molar-refractivity contribution in [1.82, 2.24) is 4.31 Å². The van der Waals surface area contributed by atoms with Crippen LogP contribution in [0.25, 0.3) is 0 Å². The summed E-state index contributed by atoms with van der Waals surface area (Å²) in [4.78, 5) is 25.0. The molecule has 0 aromatic heterocycles. The Morgan fingerprint density at radius 2 is 1.62 bits per heavy atom. The van der Waals surface area contributed by atoms with Crippen molar-refractivity contribution in [3.63, 3.8) is 0 Å². The van der Waals surface area contributed by atoms with E-state index in [1.807, 2.05) is 24.3 Å². The number of rotatable bonds is 9. The summed E-state index contributed by atoms with van der Waals surface area (Å²) in [5, 5.41) is 2.89. The molecule has 1 heterocycles. The minimum atomic E-state index is -3.44. The SMILES string of the molecule is CCOC(=O)C1(c2ccc(NC(=O)CCc3ccc(S(=O)(=O)N4CCCCC4)cc3)cc2)CC1. The molecular weight excluding hydrogens is 452 g/mol. The van der Waals surface area contributed by atoms with Crippen molar-refractivity contribution in [2.75, 3.05) is 25.0 Å². The molecular formula is C26H32N2O5S. The molecule has 0 unspecified atom stereocenters. The van der Waals surface area contributed by atoms with Gasteiger partial charge in [-0.25, -0.2) is 8.42 Å². The Balaban J connectivity index is 1.29. The van der Waals surface area contributed by atoms with Gasteiger partial charge in [-0.1, -0.05) is 30.7 Å². The molecule has 0 spiro atoms. The van der Waals surface area contributed by atoms with Crippen LogP contribution < -0.4 is 5.32 Å². The van der Waals surface area contributed by atoms with Gasteiger partial charge >= 0.3 is 5.97 Å². The number of anilines is 1. The Morgan fingerprint density at radius 1 is 0.971 bits per heavy atom. The average molecular weight is 485 g/mol. The minimum Gasteiger partial charge on any atom is -0.465 e. The third kappa shape index (κ3) is 5.33. The maximum Gasteiger partial charge on any atom is 0.316 e. The number of aryl methyl sites for hydroxylation is 1. The highest BCUT2D eigenvalue weighted by atomic mass is 32.2. The molecule has 1 saturated heterocycles. The number of amides is 1. The van der Waals surface area contributed by atoms with Crippen molar-refractivity contribution in [3.8, 4) is 0 Å². The van der Waals surface area contributed by atoms with Crippen LogP contribution in [0.2, 0.25) is 0 Å². The summed E-state index contributed by atoms with van der Waals surface area (Å²) < 4.78 is 32.3. The number of nitrogens with zero attached hydrogens (tertiary/aromatic N) is 1. The molecule has 1 aliphatic carbocycles. The Labute approximate surface area is 201 Å². The largest absolute Gasteiger partial charge is 0.465 e. The van der Waals surface area contributed by atoms with Gasteiger partial charge in [-0.3, -0.25) is 9.59 Å². The zero-order chi connectivity index (χ0) is 24.2. The van der Waals surface area contributed by atoms with Gasteiger partial charge in [0.25, 0.3) is 0 Å². The monoisotopic (exact) mass is 484 g/mol. The summed E-state index contributed by atoms with van der Waals surface area (Å²) in [6.45, 7) is 3.33. The lowest BCUT2D eigenvalue weighted by Gasteiger charge is -2.25. The van der Waals surface area contributed by atoms with Crippen molar-refractivity contribution in [1.29, 1.82) is 0 Å². The molecule has 1 aliphatic heterocycles. The molecule has 2 aromatic carbocycles. The fraction of sp³-hybridized carbons (Fsp3) is 0.462. The number of hydrogen-bond acceptors (Lipinski definition) is 5. The Kier molecular flexibility index (Phi) is 7.38. The number of carbonyl (C=O) groups is 2. The number of benzene rings is 2. The molecule has 2 fully saturated rings. The lowest BCUT2D eigenvalue weighted by molar-refractivity contribution is -0.146. The Morgan fingerprint density at radius 3 is 2.21 bits per heavy atom. The highest BCUT2D eigenvalue weighted by Gasteiger charge is 2.52. The van der Waals surface area contributed by atoms with Crippen molar-refractivity contribution in [2.24, 2.45) is 0 Å². The number of esters is 1. The third-order valence-electron chi connectivity index (χ3n) is 6.65. The fourth-order valence-corrected chi connectivity index (χ4v) is 5.96. The zero-order valence-electron chi connectivity index (χ0n) is 19.6. The molecule has 1 amide bonds. The van der Waals surface area contributed by atoms with Crippen LogP contribution in [0, 0.1) is 0 Å². The molecule has 2 aromatic rings.